The van der Waals surface area contributed by atoms with E-state index < -0.39 is 0 Å². The van der Waals surface area contributed by atoms with Gasteiger partial charge in [-0.1, -0.05) is 22.9 Å². The molecule has 0 aliphatic carbocycles. The van der Waals surface area contributed by atoms with Gasteiger partial charge in [0.2, 0.25) is 0 Å². The highest BCUT2D eigenvalue weighted by Gasteiger charge is 2.32. The molecule has 1 aromatic rings. The SMILES string of the molecule is CCC1(C)CN(c2ccc(Br)cc2[N+](=O)[O-])CCO1. The van der Waals surface area contributed by atoms with Crippen molar-refractivity contribution in [3.8, 4) is 0 Å². The lowest BCUT2D eigenvalue weighted by Gasteiger charge is -2.40. The topological polar surface area (TPSA) is 55.6 Å². The minimum atomic E-state index is -0.334. The van der Waals surface area contributed by atoms with Gasteiger partial charge >= 0.3 is 0 Å². The first kappa shape index (κ1) is 14.3. The summed E-state index contributed by atoms with van der Waals surface area (Å²) in [5.74, 6) is 0. The lowest BCUT2D eigenvalue weighted by atomic mass is 10.0. The molecule has 0 saturated carbocycles. The van der Waals surface area contributed by atoms with E-state index in [1.165, 1.54) is 0 Å². The third-order valence-electron chi connectivity index (χ3n) is 3.56. The van der Waals surface area contributed by atoms with Gasteiger partial charge in [-0.3, -0.25) is 10.1 Å². The van der Waals surface area contributed by atoms with Crippen molar-refractivity contribution in [3.05, 3.63) is 32.8 Å². The van der Waals surface area contributed by atoms with Gasteiger partial charge in [-0.2, -0.15) is 0 Å². The van der Waals surface area contributed by atoms with Gasteiger partial charge in [-0.15, -0.1) is 0 Å². The monoisotopic (exact) mass is 328 g/mol. The van der Waals surface area contributed by atoms with Crippen LogP contribution in [-0.2, 0) is 4.74 Å². The van der Waals surface area contributed by atoms with Crippen LogP contribution in [0.15, 0.2) is 22.7 Å². The molecule has 1 aliphatic rings. The second kappa shape index (κ2) is 5.46. The molecule has 0 spiro atoms. The Morgan fingerprint density at radius 3 is 2.95 bits per heavy atom. The molecule has 1 saturated heterocycles. The van der Waals surface area contributed by atoms with E-state index in [0.29, 0.717) is 25.4 Å². The van der Waals surface area contributed by atoms with Crippen LogP contribution >= 0.6 is 15.9 Å². The van der Waals surface area contributed by atoms with Crippen molar-refractivity contribution in [1.82, 2.24) is 0 Å². The molecule has 5 nitrogen and oxygen atoms in total. The number of nitrogens with zero attached hydrogens (tertiary/aromatic N) is 2. The molecule has 0 N–H and O–H groups in total. The average Bonchev–Trinajstić information content (AvgIpc) is 2.38. The number of rotatable bonds is 3. The minimum Gasteiger partial charge on any atom is -0.372 e. The smallest absolute Gasteiger partial charge is 0.293 e. The number of nitro benzene ring substituents is 1. The third kappa shape index (κ3) is 3.06. The predicted molar refractivity (Wildman–Crippen MR) is 77.7 cm³/mol. The van der Waals surface area contributed by atoms with Crippen LogP contribution in [0.4, 0.5) is 11.4 Å². The first-order valence-corrected chi connectivity index (χ1v) is 7.07. The zero-order chi connectivity index (χ0) is 14.0. The van der Waals surface area contributed by atoms with E-state index in [1.807, 2.05) is 17.9 Å². The molecule has 1 fully saturated rings. The maximum Gasteiger partial charge on any atom is 0.293 e. The Morgan fingerprint density at radius 1 is 1.58 bits per heavy atom. The number of benzene rings is 1. The molecule has 19 heavy (non-hydrogen) atoms. The largest absolute Gasteiger partial charge is 0.372 e. The van der Waals surface area contributed by atoms with Crippen LogP contribution in [0.25, 0.3) is 0 Å². The Morgan fingerprint density at radius 2 is 2.32 bits per heavy atom. The van der Waals surface area contributed by atoms with E-state index in [9.17, 15) is 10.1 Å². The van der Waals surface area contributed by atoms with Gasteiger partial charge in [0.05, 0.1) is 17.1 Å². The third-order valence-corrected chi connectivity index (χ3v) is 4.05. The molecule has 1 heterocycles. The molecule has 0 radical (unpaired) electrons. The van der Waals surface area contributed by atoms with Gasteiger partial charge in [0.1, 0.15) is 5.69 Å². The Kier molecular flexibility index (Phi) is 4.10. The first-order valence-electron chi connectivity index (χ1n) is 6.28. The summed E-state index contributed by atoms with van der Waals surface area (Å²) in [6.07, 6.45) is 0.883. The highest BCUT2D eigenvalue weighted by Crippen LogP contribution is 2.34. The number of hydrogen-bond donors (Lipinski definition) is 0. The molecule has 104 valence electrons. The number of halogens is 1. The number of hydrogen-bond acceptors (Lipinski definition) is 4. The fourth-order valence-corrected chi connectivity index (χ4v) is 2.61. The number of morpholine rings is 1. The van der Waals surface area contributed by atoms with E-state index in [-0.39, 0.29) is 16.2 Å². The van der Waals surface area contributed by atoms with Crippen LogP contribution in [0.2, 0.25) is 0 Å². The fraction of sp³-hybridized carbons (Fsp3) is 0.538. The maximum absolute atomic E-state index is 11.2. The highest BCUT2D eigenvalue weighted by molar-refractivity contribution is 9.10. The van der Waals surface area contributed by atoms with E-state index in [2.05, 4.69) is 22.9 Å². The summed E-state index contributed by atoms with van der Waals surface area (Å²) < 4.78 is 6.49. The average molecular weight is 329 g/mol. The predicted octanol–water partition coefficient (Wildman–Crippen LogP) is 3.36. The number of nitro groups is 1. The van der Waals surface area contributed by atoms with Crippen LogP contribution in [0, 0.1) is 10.1 Å². The Balaban J connectivity index is 2.33. The van der Waals surface area contributed by atoms with Crippen molar-refractivity contribution in [1.29, 1.82) is 0 Å². The summed E-state index contributed by atoms with van der Waals surface area (Å²) in [7, 11) is 0. The van der Waals surface area contributed by atoms with Gasteiger partial charge < -0.3 is 9.64 Å². The van der Waals surface area contributed by atoms with Gasteiger partial charge in [0.25, 0.3) is 5.69 Å². The van der Waals surface area contributed by atoms with Crippen molar-refractivity contribution in [2.45, 2.75) is 25.9 Å². The molecule has 0 aromatic heterocycles. The van der Waals surface area contributed by atoms with Crippen molar-refractivity contribution in [2.75, 3.05) is 24.6 Å². The molecule has 1 atom stereocenters. The molecule has 0 bridgehead atoms. The van der Waals surface area contributed by atoms with Crippen molar-refractivity contribution >= 4 is 27.3 Å². The Labute approximate surface area is 120 Å². The van der Waals surface area contributed by atoms with Crippen molar-refractivity contribution < 1.29 is 9.66 Å². The lowest BCUT2D eigenvalue weighted by molar-refractivity contribution is -0.384. The minimum absolute atomic E-state index is 0.134. The second-order valence-corrected chi connectivity index (χ2v) is 5.88. The van der Waals surface area contributed by atoms with E-state index in [1.54, 1.807) is 12.1 Å². The summed E-state index contributed by atoms with van der Waals surface area (Å²) in [6.45, 7) is 6.06. The standard InChI is InChI=1S/C13H17BrN2O3/c1-3-13(2)9-15(6-7-19-13)11-5-4-10(14)8-12(11)16(17)18/h4-5,8H,3,6-7,9H2,1-2H3. The number of ether oxygens (including phenoxy) is 1. The molecular weight excluding hydrogens is 312 g/mol. The molecule has 2 rings (SSSR count). The van der Waals surface area contributed by atoms with Crippen molar-refractivity contribution in [3.63, 3.8) is 0 Å². The second-order valence-electron chi connectivity index (χ2n) is 4.96. The van der Waals surface area contributed by atoms with Crippen LogP contribution < -0.4 is 4.90 Å². The normalized spacial score (nSPS) is 23.4. The van der Waals surface area contributed by atoms with Gasteiger partial charge in [-0.05, 0) is 25.5 Å². The molecule has 1 unspecified atom stereocenters. The Hall–Kier alpha value is -1.14. The summed E-state index contributed by atoms with van der Waals surface area (Å²) in [6, 6.07) is 5.18. The summed E-state index contributed by atoms with van der Waals surface area (Å²) in [5.41, 5.74) is 0.560. The molecular formula is C13H17BrN2O3. The van der Waals surface area contributed by atoms with Gasteiger partial charge in [0.15, 0.2) is 0 Å². The van der Waals surface area contributed by atoms with Crippen LogP contribution in [0.3, 0.4) is 0 Å². The molecule has 6 heteroatoms. The fourth-order valence-electron chi connectivity index (χ4n) is 2.26. The Bertz CT molecular complexity index is 495. The summed E-state index contributed by atoms with van der Waals surface area (Å²) in [5, 5.41) is 11.2. The van der Waals surface area contributed by atoms with Gasteiger partial charge in [0, 0.05) is 23.6 Å². The lowest BCUT2D eigenvalue weighted by Crippen LogP contribution is -2.50. The van der Waals surface area contributed by atoms with Crippen LogP contribution in [-0.4, -0.2) is 30.2 Å². The maximum atomic E-state index is 11.2. The van der Waals surface area contributed by atoms with Crippen LogP contribution in [0.5, 0.6) is 0 Å². The summed E-state index contributed by atoms with van der Waals surface area (Å²) >= 11 is 3.28. The van der Waals surface area contributed by atoms with Crippen LogP contribution in [0.1, 0.15) is 20.3 Å². The zero-order valence-electron chi connectivity index (χ0n) is 11.1. The van der Waals surface area contributed by atoms with Crippen molar-refractivity contribution in [2.24, 2.45) is 0 Å². The van der Waals surface area contributed by atoms with Gasteiger partial charge in [-0.25, -0.2) is 0 Å². The van der Waals surface area contributed by atoms with E-state index in [4.69, 9.17) is 4.74 Å². The van der Waals surface area contributed by atoms with E-state index >= 15 is 0 Å². The quantitative estimate of drug-likeness (QED) is 0.630. The molecule has 1 aromatic carbocycles. The zero-order valence-corrected chi connectivity index (χ0v) is 12.6. The number of anilines is 1. The molecule has 0 amide bonds. The highest BCUT2D eigenvalue weighted by atomic mass is 79.9. The van der Waals surface area contributed by atoms with E-state index in [0.717, 1.165) is 10.9 Å². The molecule has 1 aliphatic heterocycles. The summed E-state index contributed by atoms with van der Waals surface area (Å²) in [4.78, 5) is 12.9. The first-order chi connectivity index (χ1) is 8.95.